The van der Waals surface area contributed by atoms with E-state index < -0.39 is 0 Å². The van der Waals surface area contributed by atoms with Crippen molar-refractivity contribution in [2.45, 2.75) is 0 Å². The Balaban J connectivity index is 2.61. The summed E-state index contributed by atoms with van der Waals surface area (Å²) in [5.41, 5.74) is 0. The van der Waals surface area contributed by atoms with Gasteiger partial charge in [-0.2, -0.15) is 0 Å². The van der Waals surface area contributed by atoms with Gasteiger partial charge in [-0.25, -0.2) is 0 Å². The van der Waals surface area contributed by atoms with Crippen LogP contribution in [0.1, 0.15) is 0 Å². The Bertz CT molecular complexity index is 300. The minimum atomic E-state index is -0.109. The molecule has 0 amide bonds. The largest absolute Gasteiger partial charge is 0.504 e. The minimum absolute atomic E-state index is 0.0566. The molecule has 0 atom stereocenters. The van der Waals surface area contributed by atoms with Crippen LogP contribution in [0.2, 0.25) is 0 Å². The van der Waals surface area contributed by atoms with Crippen molar-refractivity contribution >= 4 is 0 Å². The van der Waals surface area contributed by atoms with Crippen molar-refractivity contribution in [3.8, 4) is 17.2 Å². The molecule has 0 spiro atoms. The molecule has 3 N–H and O–H groups in total. The highest BCUT2D eigenvalue weighted by Gasteiger charge is 2.03. The molecule has 84 valence electrons. The molecule has 0 radical (unpaired) electrons. The van der Waals surface area contributed by atoms with Gasteiger partial charge >= 0.3 is 0 Å². The Kier molecular flexibility index (Phi) is 4.73. The molecule has 15 heavy (non-hydrogen) atoms. The molecule has 0 heterocycles. The van der Waals surface area contributed by atoms with Crippen LogP contribution < -0.4 is 9.47 Å². The van der Waals surface area contributed by atoms with Crippen LogP contribution in [0.5, 0.6) is 17.2 Å². The highest BCUT2D eigenvalue weighted by atomic mass is 16.5. The number of aliphatic hydroxyl groups excluding tert-OH is 2. The van der Waals surface area contributed by atoms with Crippen LogP contribution in [0, 0.1) is 0 Å². The van der Waals surface area contributed by atoms with E-state index in [-0.39, 0.29) is 32.2 Å². The molecule has 0 aliphatic carbocycles. The van der Waals surface area contributed by atoms with Crippen molar-refractivity contribution in [1.82, 2.24) is 0 Å². The van der Waals surface area contributed by atoms with Crippen molar-refractivity contribution in [2.24, 2.45) is 0 Å². The Morgan fingerprint density at radius 3 is 2.27 bits per heavy atom. The monoisotopic (exact) mass is 214 g/mol. The Hall–Kier alpha value is -1.46. The second-order valence-corrected chi connectivity index (χ2v) is 2.77. The average molecular weight is 214 g/mol. The first-order valence-electron chi connectivity index (χ1n) is 4.58. The summed E-state index contributed by atoms with van der Waals surface area (Å²) in [5.74, 6) is 0.692. The maximum Gasteiger partial charge on any atom is 0.161 e. The first-order valence-corrected chi connectivity index (χ1v) is 4.58. The fourth-order valence-corrected chi connectivity index (χ4v) is 1.03. The predicted octanol–water partition coefficient (Wildman–Crippen LogP) is 0.134. The highest BCUT2D eigenvalue weighted by molar-refractivity contribution is 5.44. The third-order valence-electron chi connectivity index (χ3n) is 1.64. The number of phenols is 1. The molecule has 0 aromatic heterocycles. The third kappa shape index (κ3) is 3.65. The molecule has 0 aliphatic rings. The predicted molar refractivity (Wildman–Crippen MR) is 53.3 cm³/mol. The van der Waals surface area contributed by atoms with Gasteiger partial charge in [0.1, 0.15) is 19.0 Å². The summed E-state index contributed by atoms with van der Waals surface area (Å²) >= 11 is 0. The van der Waals surface area contributed by atoms with Crippen LogP contribution in [0.15, 0.2) is 18.2 Å². The van der Waals surface area contributed by atoms with Gasteiger partial charge in [-0.05, 0) is 12.1 Å². The number of aliphatic hydroxyl groups is 2. The second-order valence-electron chi connectivity index (χ2n) is 2.77. The summed E-state index contributed by atoms with van der Waals surface area (Å²) < 4.78 is 10.1. The molecule has 1 aromatic carbocycles. The zero-order chi connectivity index (χ0) is 11.1. The van der Waals surface area contributed by atoms with Crippen LogP contribution >= 0.6 is 0 Å². The van der Waals surface area contributed by atoms with E-state index in [1.54, 1.807) is 6.07 Å². The topological polar surface area (TPSA) is 79.2 Å². The number of rotatable bonds is 6. The van der Waals surface area contributed by atoms with Gasteiger partial charge in [0, 0.05) is 6.07 Å². The van der Waals surface area contributed by atoms with Crippen LogP contribution in [0.25, 0.3) is 0 Å². The Labute approximate surface area is 87.5 Å². The van der Waals surface area contributed by atoms with E-state index in [0.29, 0.717) is 11.5 Å². The van der Waals surface area contributed by atoms with Gasteiger partial charge in [-0.3, -0.25) is 0 Å². The molecule has 0 saturated carbocycles. The molecule has 5 nitrogen and oxygen atoms in total. The molecule has 0 aliphatic heterocycles. The maximum atomic E-state index is 9.47. The van der Waals surface area contributed by atoms with E-state index in [1.165, 1.54) is 12.1 Å². The first-order chi connectivity index (χ1) is 7.27. The van der Waals surface area contributed by atoms with E-state index in [9.17, 15) is 5.11 Å². The van der Waals surface area contributed by atoms with E-state index in [2.05, 4.69) is 0 Å². The van der Waals surface area contributed by atoms with Gasteiger partial charge in [-0.1, -0.05) is 0 Å². The molecule has 5 heteroatoms. The summed E-state index contributed by atoms with van der Waals surface area (Å²) in [7, 11) is 0. The first kappa shape index (κ1) is 11.6. The van der Waals surface area contributed by atoms with E-state index in [1.807, 2.05) is 0 Å². The van der Waals surface area contributed by atoms with Gasteiger partial charge < -0.3 is 24.8 Å². The Morgan fingerprint density at radius 2 is 1.67 bits per heavy atom. The van der Waals surface area contributed by atoms with E-state index >= 15 is 0 Å². The third-order valence-corrected chi connectivity index (χ3v) is 1.64. The normalized spacial score (nSPS) is 10.0. The number of ether oxygens (including phenoxy) is 2. The molecule has 0 bridgehead atoms. The number of benzene rings is 1. The summed E-state index contributed by atoms with van der Waals surface area (Å²) in [6, 6.07) is 4.54. The molecular weight excluding hydrogens is 200 g/mol. The standard InChI is InChI=1S/C10H14O5/c11-3-5-14-8-1-2-10(9(13)7-8)15-6-4-12/h1-2,7,11-13H,3-6H2. The van der Waals surface area contributed by atoms with Gasteiger partial charge in [0.2, 0.25) is 0 Å². The Morgan fingerprint density at radius 1 is 1.00 bits per heavy atom. The lowest BCUT2D eigenvalue weighted by molar-refractivity contribution is 0.194. The molecule has 0 fully saturated rings. The number of hydrogen-bond acceptors (Lipinski definition) is 5. The summed E-state index contributed by atoms with van der Waals surface area (Å²) in [6.07, 6.45) is 0. The van der Waals surface area contributed by atoms with Crippen molar-refractivity contribution in [3.63, 3.8) is 0 Å². The van der Waals surface area contributed by atoms with Crippen molar-refractivity contribution in [2.75, 3.05) is 26.4 Å². The molecule has 0 unspecified atom stereocenters. The van der Waals surface area contributed by atoms with Crippen molar-refractivity contribution in [1.29, 1.82) is 0 Å². The van der Waals surface area contributed by atoms with Crippen LogP contribution in [-0.2, 0) is 0 Å². The lowest BCUT2D eigenvalue weighted by Crippen LogP contribution is -2.03. The lowest BCUT2D eigenvalue weighted by atomic mass is 10.3. The quantitative estimate of drug-likeness (QED) is 0.627. The fraction of sp³-hybridized carbons (Fsp3) is 0.400. The number of hydrogen-bond donors (Lipinski definition) is 3. The molecule has 1 aromatic rings. The van der Waals surface area contributed by atoms with Gasteiger partial charge in [-0.15, -0.1) is 0 Å². The zero-order valence-corrected chi connectivity index (χ0v) is 8.22. The molecular formula is C10H14O5. The highest BCUT2D eigenvalue weighted by Crippen LogP contribution is 2.29. The average Bonchev–Trinajstić information content (AvgIpc) is 2.25. The summed E-state index contributed by atoms with van der Waals surface area (Å²) in [4.78, 5) is 0. The SMILES string of the molecule is OCCOc1ccc(OCCO)c(O)c1. The van der Waals surface area contributed by atoms with Gasteiger partial charge in [0.25, 0.3) is 0 Å². The van der Waals surface area contributed by atoms with Crippen LogP contribution in [0.3, 0.4) is 0 Å². The number of phenolic OH excluding ortho intramolecular Hbond substituents is 1. The maximum absolute atomic E-state index is 9.47. The van der Waals surface area contributed by atoms with Crippen LogP contribution in [0.4, 0.5) is 0 Å². The lowest BCUT2D eigenvalue weighted by Gasteiger charge is -2.09. The van der Waals surface area contributed by atoms with Crippen LogP contribution in [-0.4, -0.2) is 41.7 Å². The van der Waals surface area contributed by atoms with Crippen molar-refractivity contribution < 1.29 is 24.8 Å². The van der Waals surface area contributed by atoms with E-state index in [4.69, 9.17) is 19.7 Å². The fourth-order valence-electron chi connectivity index (χ4n) is 1.03. The smallest absolute Gasteiger partial charge is 0.161 e. The zero-order valence-electron chi connectivity index (χ0n) is 8.22. The second kappa shape index (κ2) is 6.10. The minimum Gasteiger partial charge on any atom is -0.504 e. The van der Waals surface area contributed by atoms with Gasteiger partial charge in [0.15, 0.2) is 11.5 Å². The molecule has 0 saturated heterocycles. The number of aromatic hydroxyl groups is 1. The van der Waals surface area contributed by atoms with Gasteiger partial charge in [0.05, 0.1) is 13.2 Å². The summed E-state index contributed by atoms with van der Waals surface area (Å²) in [5, 5.41) is 26.5. The van der Waals surface area contributed by atoms with E-state index in [0.717, 1.165) is 0 Å². The molecule has 1 rings (SSSR count). The summed E-state index contributed by atoms with van der Waals surface area (Å²) in [6.45, 7) is 0.117. The van der Waals surface area contributed by atoms with Crippen molar-refractivity contribution in [3.05, 3.63) is 18.2 Å².